The van der Waals surface area contributed by atoms with Crippen LogP contribution in [0.4, 0.5) is 28.9 Å². The molecule has 4 aromatic rings. The highest BCUT2D eigenvalue weighted by atomic mass is 32.2. The van der Waals surface area contributed by atoms with Crippen molar-refractivity contribution < 1.29 is 36.7 Å². The lowest BCUT2D eigenvalue weighted by atomic mass is 10.1. The Labute approximate surface area is 260 Å². The fourth-order valence-corrected chi connectivity index (χ4v) is 5.12. The van der Waals surface area contributed by atoms with Crippen LogP contribution in [0.5, 0.6) is 5.75 Å². The highest BCUT2D eigenvalue weighted by molar-refractivity contribution is 8.00. The molecule has 3 amide bonds. The summed E-state index contributed by atoms with van der Waals surface area (Å²) in [6.45, 7) is 1.64. The van der Waals surface area contributed by atoms with E-state index in [2.05, 4.69) is 10.6 Å². The monoisotopic (exact) mass is 637 g/mol. The van der Waals surface area contributed by atoms with E-state index < -0.39 is 51.9 Å². The Balaban J connectivity index is 1.54. The number of hydrogen-bond donors (Lipinski definition) is 3. The van der Waals surface area contributed by atoms with Gasteiger partial charge in [-0.05, 0) is 48.9 Å². The maximum atomic E-state index is 14.1. The highest BCUT2D eigenvalue weighted by Crippen LogP contribution is 2.31. The van der Waals surface area contributed by atoms with Crippen molar-refractivity contribution in [3.63, 3.8) is 0 Å². The van der Waals surface area contributed by atoms with Gasteiger partial charge in [0.2, 0.25) is 5.91 Å². The summed E-state index contributed by atoms with van der Waals surface area (Å²) >= 11 is 1.00. The molecule has 45 heavy (non-hydrogen) atoms. The van der Waals surface area contributed by atoms with Crippen LogP contribution < -0.4 is 20.7 Å². The number of carbonyl (C=O) groups is 3. The molecular formula is C33H27F4N3O4S. The van der Waals surface area contributed by atoms with Gasteiger partial charge in [0.25, 0.3) is 11.8 Å². The molecule has 0 fully saturated rings. The van der Waals surface area contributed by atoms with Crippen LogP contribution in [0.15, 0.2) is 95.5 Å². The predicted octanol–water partition coefficient (Wildman–Crippen LogP) is 7.17. The molecule has 1 atom stereocenters. The van der Waals surface area contributed by atoms with E-state index >= 15 is 0 Å². The highest BCUT2D eigenvalue weighted by Gasteiger charge is 2.25. The standard InChI is InChI=1S/C33H27F4N3O4S/c1-3-27(33(43)40-30-28(36)23(34)18-24(35)29(30)37)45-22-14-9-13-21(17-22)38-32(42)25(16-20-12-7-8-15-26(20)44-2)39-31(41)19-10-5-4-6-11-19/h4-18,27H,3H2,1-2H3,(H,38,42)(H,39,41)(H,40,43)/b25-16+. The van der Waals surface area contributed by atoms with Crippen molar-refractivity contribution in [1.82, 2.24) is 5.32 Å². The number of hydrogen-bond acceptors (Lipinski definition) is 5. The molecule has 12 heteroatoms. The molecule has 0 radical (unpaired) electrons. The minimum atomic E-state index is -1.72. The SMILES string of the molecule is CCC(Sc1cccc(NC(=O)/C(=C\c2ccccc2OC)NC(=O)c2ccccc2)c1)C(=O)Nc1c(F)c(F)cc(F)c1F. The van der Waals surface area contributed by atoms with Crippen LogP contribution in [-0.4, -0.2) is 30.1 Å². The molecule has 4 rings (SSSR count). The van der Waals surface area contributed by atoms with Crippen LogP contribution in [-0.2, 0) is 9.59 Å². The van der Waals surface area contributed by atoms with Crippen LogP contribution in [0.25, 0.3) is 6.08 Å². The maximum Gasteiger partial charge on any atom is 0.272 e. The molecule has 0 heterocycles. The average molecular weight is 638 g/mol. The Bertz CT molecular complexity index is 1730. The van der Waals surface area contributed by atoms with Crippen LogP contribution in [0.1, 0.15) is 29.3 Å². The fourth-order valence-electron chi connectivity index (χ4n) is 4.10. The van der Waals surface area contributed by atoms with Crippen molar-refractivity contribution in [2.24, 2.45) is 0 Å². The van der Waals surface area contributed by atoms with E-state index in [1.807, 2.05) is 5.32 Å². The molecule has 232 valence electrons. The molecule has 7 nitrogen and oxygen atoms in total. The van der Waals surface area contributed by atoms with Gasteiger partial charge in [0, 0.05) is 27.8 Å². The van der Waals surface area contributed by atoms with Crippen molar-refractivity contribution in [3.05, 3.63) is 125 Å². The van der Waals surface area contributed by atoms with Crippen molar-refractivity contribution in [3.8, 4) is 5.75 Å². The van der Waals surface area contributed by atoms with Gasteiger partial charge in [0.1, 0.15) is 17.1 Å². The van der Waals surface area contributed by atoms with Crippen molar-refractivity contribution in [2.75, 3.05) is 17.7 Å². The Morgan fingerprint density at radius 1 is 0.844 bits per heavy atom. The Hall–Kier alpha value is -5.10. The third-order valence-electron chi connectivity index (χ3n) is 6.36. The molecule has 0 aromatic heterocycles. The Morgan fingerprint density at radius 3 is 2.18 bits per heavy atom. The smallest absolute Gasteiger partial charge is 0.272 e. The van der Waals surface area contributed by atoms with Crippen LogP contribution in [0, 0.1) is 23.3 Å². The number of thioether (sulfide) groups is 1. The number of methoxy groups -OCH3 is 1. The summed E-state index contributed by atoms with van der Waals surface area (Å²) in [5.41, 5.74) is -0.123. The average Bonchev–Trinajstić information content (AvgIpc) is 3.05. The number of ether oxygens (including phenoxy) is 1. The number of amides is 3. The van der Waals surface area contributed by atoms with Crippen molar-refractivity contribution >= 4 is 46.9 Å². The zero-order valence-electron chi connectivity index (χ0n) is 24.0. The lowest BCUT2D eigenvalue weighted by Crippen LogP contribution is -2.30. The van der Waals surface area contributed by atoms with Gasteiger partial charge in [-0.2, -0.15) is 0 Å². The molecular weight excluding hydrogens is 610 g/mol. The normalized spacial score (nSPS) is 11.8. The zero-order chi connectivity index (χ0) is 32.5. The zero-order valence-corrected chi connectivity index (χ0v) is 24.8. The second kappa shape index (κ2) is 15.1. The van der Waals surface area contributed by atoms with E-state index in [0.29, 0.717) is 27.5 Å². The number of carbonyl (C=O) groups excluding carboxylic acids is 3. The lowest BCUT2D eigenvalue weighted by Gasteiger charge is -2.17. The number of anilines is 2. The van der Waals surface area contributed by atoms with E-state index in [1.54, 1.807) is 85.8 Å². The molecule has 4 aromatic carbocycles. The maximum absolute atomic E-state index is 14.1. The minimum absolute atomic E-state index is 0.0518. The summed E-state index contributed by atoms with van der Waals surface area (Å²) in [5.74, 6) is -8.31. The molecule has 0 bridgehead atoms. The molecule has 0 saturated carbocycles. The van der Waals surface area contributed by atoms with Gasteiger partial charge in [0.05, 0.1) is 12.4 Å². The van der Waals surface area contributed by atoms with Crippen LogP contribution >= 0.6 is 11.8 Å². The van der Waals surface area contributed by atoms with E-state index in [9.17, 15) is 31.9 Å². The summed E-state index contributed by atoms with van der Waals surface area (Å²) < 4.78 is 60.8. The first-order valence-corrected chi connectivity index (χ1v) is 14.4. The Morgan fingerprint density at radius 2 is 1.51 bits per heavy atom. The molecule has 1 unspecified atom stereocenters. The Kier molecular flexibility index (Phi) is 11.0. The summed E-state index contributed by atoms with van der Waals surface area (Å²) in [4.78, 5) is 39.7. The van der Waals surface area contributed by atoms with E-state index in [1.165, 1.54) is 13.2 Å². The van der Waals surface area contributed by atoms with Gasteiger partial charge in [0.15, 0.2) is 23.3 Å². The molecule has 0 saturated heterocycles. The summed E-state index contributed by atoms with van der Waals surface area (Å²) in [6, 6.07) is 21.7. The van der Waals surface area contributed by atoms with Gasteiger partial charge in [-0.25, -0.2) is 17.6 Å². The number of para-hydroxylation sites is 1. The van der Waals surface area contributed by atoms with Crippen LogP contribution in [0.3, 0.4) is 0 Å². The first-order chi connectivity index (χ1) is 21.6. The van der Waals surface area contributed by atoms with E-state index in [-0.39, 0.29) is 18.2 Å². The van der Waals surface area contributed by atoms with E-state index in [0.717, 1.165) is 11.8 Å². The third kappa shape index (κ3) is 8.30. The van der Waals surface area contributed by atoms with Crippen molar-refractivity contribution in [1.29, 1.82) is 0 Å². The molecule has 0 aliphatic rings. The predicted molar refractivity (Wildman–Crippen MR) is 165 cm³/mol. The van der Waals surface area contributed by atoms with Crippen LogP contribution in [0.2, 0.25) is 0 Å². The number of benzene rings is 4. The number of halogens is 4. The van der Waals surface area contributed by atoms with Gasteiger partial charge in [-0.3, -0.25) is 14.4 Å². The van der Waals surface area contributed by atoms with Gasteiger partial charge >= 0.3 is 0 Å². The minimum Gasteiger partial charge on any atom is -0.496 e. The molecule has 0 aliphatic carbocycles. The molecule has 3 N–H and O–H groups in total. The van der Waals surface area contributed by atoms with E-state index in [4.69, 9.17) is 4.74 Å². The van der Waals surface area contributed by atoms with Gasteiger partial charge < -0.3 is 20.7 Å². The largest absolute Gasteiger partial charge is 0.496 e. The molecule has 0 spiro atoms. The first kappa shape index (κ1) is 32.8. The summed E-state index contributed by atoms with van der Waals surface area (Å²) in [7, 11) is 1.48. The van der Waals surface area contributed by atoms with Crippen molar-refractivity contribution in [2.45, 2.75) is 23.5 Å². The third-order valence-corrected chi connectivity index (χ3v) is 7.72. The fraction of sp³-hybridized carbons (Fsp3) is 0.121. The second-order valence-electron chi connectivity index (χ2n) is 9.45. The topological polar surface area (TPSA) is 96.5 Å². The summed E-state index contributed by atoms with van der Waals surface area (Å²) in [5, 5.41) is 6.39. The quantitative estimate of drug-likeness (QED) is 0.0702. The van der Waals surface area contributed by atoms with Gasteiger partial charge in [-0.15, -0.1) is 11.8 Å². The lowest BCUT2D eigenvalue weighted by molar-refractivity contribution is -0.116. The summed E-state index contributed by atoms with van der Waals surface area (Å²) in [6.07, 6.45) is 1.66. The number of rotatable bonds is 11. The van der Waals surface area contributed by atoms with Gasteiger partial charge in [-0.1, -0.05) is 49.4 Å². The second-order valence-corrected chi connectivity index (χ2v) is 10.7. The molecule has 0 aliphatic heterocycles. The first-order valence-electron chi connectivity index (χ1n) is 13.5. The number of nitrogens with one attached hydrogen (secondary N) is 3.